The van der Waals surface area contributed by atoms with E-state index in [4.69, 9.17) is 4.74 Å². The van der Waals surface area contributed by atoms with Crippen LogP contribution in [0.4, 0.5) is 0 Å². The van der Waals surface area contributed by atoms with Gasteiger partial charge in [-0.2, -0.15) is 0 Å². The zero-order valence-electron chi connectivity index (χ0n) is 11.2. The quantitative estimate of drug-likeness (QED) is 0.486. The van der Waals surface area contributed by atoms with Crippen LogP contribution in [0.2, 0.25) is 0 Å². The summed E-state index contributed by atoms with van der Waals surface area (Å²) < 4.78 is 6.70. The molecule has 3 nitrogen and oxygen atoms in total. The van der Waals surface area contributed by atoms with E-state index in [0.29, 0.717) is 28.0 Å². The highest BCUT2D eigenvalue weighted by Crippen LogP contribution is 2.37. The molecule has 5 unspecified atom stereocenters. The van der Waals surface area contributed by atoms with Crippen molar-refractivity contribution in [2.45, 2.75) is 42.6 Å². The predicted octanol–water partition coefficient (Wildman–Crippen LogP) is 2.86. The minimum absolute atomic E-state index is 0.389. The summed E-state index contributed by atoms with van der Waals surface area (Å²) in [6.07, 6.45) is 2.75. The van der Waals surface area contributed by atoms with Gasteiger partial charge in [-0.1, -0.05) is 59.8 Å². The fraction of sp³-hybridized carbons (Fsp3) is 0.600. The molecule has 2 fully saturated rings. The van der Waals surface area contributed by atoms with Gasteiger partial charge in [-0.15, -0.1) is 0 Å². The van der Waals surface area contributed by atoms with Crippen molar-refractivity contribution in [2.24, 2.45) is 11.8 Å². The van der Waals surface area contributed by atoms with Crippen molar-refractivity contribution < 1.29 is 4.74 Å². The summed E-state index contributed by atoms with van der Waals surface area (Å²) in [7, 11) is 0. The Morgan fingerprint density at radius 2 is 2.00 bits per heavy atom. The van der Waals surface area contributed by atoms with Gasteiger partial charge in [0.05, 0.1) is 16.8 Å². The highest BCUT2D eigenvalue weighted by atomic mass is 127. The maximum atomic E-state index is 6.18. The van der Waals surface area contributed by atoms with Crippen LogP contribution < -0.4 is 10.9 Å². The van der Waals surface area contributed by atoms with Crippen LogP contribution >= 0.6 is 22.6 Å². The lowest BCUT2D eigenvalue weighted by molar-refractivity contribution is -0.0323. The Morgan fingerprint density at radius 3 is 2.79 bits per heavy atom. The fourth-order valence-electron chi connectivity index (χ4n) is 3.18. The second-order valence-corrected chi connectivity index (χ2v) is 7.09. The Labute approximate surface area is 128 Å². The fourth-order valence-corrected chi connectivity index (χ4v) is 4.16. The molecule has 4 heteroatoms. The van der Waals surface area contributed by atoms with Crippen molar-refractivity contribution in [3.63, 3.8) is 0 Å². The lowest BCUT2D eigenvalue weighted by Crippen LogP contribution is -2.42. The molecule has 5 atom stereocenters. The molecule has 2 aliphatic rings. The molecular weight excluding hydrogens is 351 g/mol. The first kappa shape index (κ1) is 13.8. The number of hydrogen-bond donors (Lipinski definition) is 2. The van der Waals surface area contributed by atoms with Gasteiger partial charge in [0.15, 0.2) is 0 Å². The molecule has 0 bridgehead atoms. The van der Waals surface area contributed by atoms with Gasteiger partial charge in [-0.25, -0.2) is 5.43 Å². The second kappa shape index (κ2) is 6.08. The smallest absolute Gasteiger partial charge is 0.0771 e. The first-order valence-corrected chi connectivity index (χ1v) is 8.29. The molecule has 2 N–H and O–H groups in total. The zero-order chi connectivity index (χ0) is 13.2. The van der Waals surface area contributed by atoms with Crippen LogP contribution in [-0.2, 0) is 11.3 Å². The van der Waals surface area contributed by atoms with Crippen molar-refractivity contribution in [3.8, 4) is 0 Å². The average molecular weight is 372 g/mol. The lowest BCUT2D eigenvalue weighted by Gasteiger charge is -2.36. The maximum Gasteiger partial charge on any atom is 0.0771 e. The first-order valence-electron chi connectivity index (χ1n) is 7.04. The van der Waals surface area contributed by atoms with Crippen LogP contribution in [-0.4, -0.2) is 16.2 Å². The van der Waals surface area contributed by atoms with E-state index in [0.717, 1.165) is 13.0 Å². The molecule has 1 aliphatic heterocycles. The number of hydrazine groups is 1. The van der Waals surface area contributed by atoms with Crippen molar-refractivity contribution >= 4 is 22.6 Å². The summed E-state index contributed by atoms with van der Waals surface area (Å²) in [5.74, 6) is 1.32. The number of benzene rings is 1. The van der Waals surface area contributed by atoms with Gasteiger partial charge in [0.2, 0.25) is 0 Å². The number of nitrogens with one attached hydrogen (secondary N) is 2. The predicted molar refractivity (Wildman–Crippen MR) is 84.8 cm³/mol. The molecule has 0 radical (unpaired) electrons. The SMILES string of the molecule is CC1CC2NNC(I)C2CC1OCc1ccccc1. The summed E-state index contributed by atoms with van der Waals surface area (Å²) in [6.45, 7) is 3.05. The largest absolute Gasteiger partial charge is 0.373 e. The van der Waals surface area contributed by atoms with E-state index in [1.54, 1.807) is 0 Å². The van der Waals surface area contributed by atoms with Gasteiger partial charge in [-0.05, 0) is 24.3 Å². The highest BCUT2D eigenvalue weighted by Gasteiger charge is 2.42. The molecule has 1 aromatic rings. The summed E-state index contributed by atoms with van der Waals surface area (Å²) in [5.41, 5.74) is 8.05. The number of rotatable bonds is 3. The number of halogens is 1. The van der Waals surface area contributed by atoms with E-state index < -0.39 is 0 Å². The van der Waals surface area contributed by atoms with E-state index >= 15 is 0 Å². The monoisotopic (exact) mass is 372 g/mol. The van der Waals surface area contributed by atoms with E-state index in [9.17, 15) is 0 Å². The minimum Gasteiger partial charge on any atom is -0.373 e. The van der Waals surface area contributed by atoms with Gasteiger partial charge < -0.3 is 4.74 Å². The third-order valence-electron chi connectivity index (χ3n) is 4.37. The first-order chi connectivity index (χ1) is 9.24. The molecule has 1 saturated carbocycles. The van der Waals surface area contributed by atoms with Crippen LogP contribution in [0, 0.1) is 11.8 Å². The summed E-state index contributed by atoms with van der Waals surface area (Å²) >= 11 is 2.49. The topological polar surface area (TPSA) is 33.3 Å². The van der Waals surface area contributed by atoms with Gasteiger partial charge in [0, 0.05) is 12.0 Å². The van der Waals surface area contributed by atoms with Crippen LogP contribution in [0.5, 0.6) is 0 Å². The summed E-state index contributed by atoms with van der Waals surface area (Å²) in [4.78, 5) is 0. The van der Waals surface area contributed by atoms with Gasteiger partial charge in [0.25, 0.3) is 0 Å². The Bertz CT molecular complexity index is 414. The molecule has 1 aliphatic carbocycles. The van der Waals surface area contributed by atoms with Crippen molar-refractivity contribution in [2.75, 3.05) is 0 Å². The minimum atomic E-state index is 0.389. The Morgan fingerprint density at radius 1 is 1.21 bits per heavy atom. The average Bonchev–Trinajstić information content (AvgIpc) is 2.78. The number of fused-ring (bicyclic) bond motifs is 1. The van der Waals surface area contributed by atoms with Crippen molar-refractivity contribution in [1.29, 1.82) is 0 Å². The number of ether oxygens (including phenoxy) is 1. The molecule has 1 saturated heterocycles. The van der Waals surface area contributed by atoms with Crippen LogP contribution in [0.3, 0.4) is 0 Å². The van der Waals surface area contributed by atoms with Crippen LogP contribution in [0.1, 0.15) is 25.3 Å². The summed E-state index contributed by atoms with van der Waals surface area (Å²) in [6, 6.07) is 11.1. The second-order valence-electron chi connectivity index (χ2n) is 5.74. The lowest BCUT2D eigenvalue weighted by atomic mass is 9.78. The molecular formula is C15H21IN2O. The van der Waals surface area contributed by atoms with Gasteiger partial charge in [0.1, 0.15) is 0 Å². The molecule has 1 aromatic carbocycles. The van der Waals surface area contributed by atoms with E-state index in [2.05, 4.69) is 64.6 Å². The van der Waals surface area contributed by atoms with Gasteiger partial charge in [-0.3, -0.25) is 5.43 Å². The van der Waals surface area contributed by atoms with E-state index in [1.807, 2.05) is 6.07 Å². The van der Waals surface area contributed by atoms with Crippen LogP contribution in [0.15, 0.2) is 30.3 Å². The molecule has 104 valence electrons. The Hall–Kier alpha value is -0.170. The standard InChI is InChI=1S/C15H21IN2O/c1-10-7-13-12(15(16)18-17-13)8-14(10)19-9-11-5-3-2-4-6-11/h2-6,10,12-15,17-18H,7-9H2,1H3. The zero-order valence-corrected chi connectivity index (χ0v) is 13.3. The molecule has 1 heterocycles. The van der Waals surface area contributed by atoms with Crippen molar-refractivity contribution in [3.05, 3.63) is 35.9 Å². The third-order valence-corrected chi connectivity index (χ3v) is 5.61. The normalized spacial score (nSPS) is 38.1. The molecule has 0 spiro atoms. The summed E-state index contributed by atoms with van der Waals surface area (Å²) in [5, 5.41) is 0. The van der Waals surface area contributed by atoms with Gasteiger partial charge >= 0.3 is 0 Å². The Kier molecular flexibility index (Phi) is 4.41. The molecule has 19 heavy (non-hydrogen) atoms. The molecule has 0 amide bonds. The maximum absolute atomic E-state index is 6.18. The number of hydrogen-bond acceptors (Lipinski definition) is 3. The van der Waals surface area contributed by atoms with E-state index in [-0.39, 0.29) is 0 Å². The highest BCUT2D eigenvalue weighted by molar-refractivity contribution is 14.1. The third kappa shape index (κ3) is 3.12. The molecule has 3 rings (SSSR count). The van der Waals surface area contributed by atoms with Crippen molar-refractivity contribution in [1.82, 2.24) is 10.9 Å². The molecule has 0 aromatic heterocycles. The number of alkyl halides is 1. The van der Waals surface area contributed by atoms with Crippen LogP contribution in [0.25, 0.3) is 0 Å². The Balaban J connectivity index is 1.58. The van der Waals surface area contributed by atoms with E-state index in [1.165, 1.54) is 12.0 Å².